The summed E-state index contributed by atoms with van der Waals surface area (Å²) in [5, 5.41) is 15.3. The van der Waals surface area contributed by atoms with E-state index in [-0.39, 0.29) is 11.8 Å². The first-order chi connectivity index (χ1) is 11.8. The molecule has 0 radical (unpaired) electrons. The van der Waals surface area contributed by atoms with Crippen molar-refractivity contribution in [2.75, 3.05) is 7.05 Å². The number of rotatable bonds is 4. The molecule has 0 unspecified atom stereocenters. The highest BCUT2D eigenvalue weighted by Crippen LogP contribution is 2.37. The monoisotopic (exact) mass is 363 g/mol. The molecule has 2 heterocycles. The van der Waals surface area contributed by atoms with Crippen molar-refractivity contribution >= 4 is 33.4 Å². The Labute approximate surface area is 151 Å². The van der Waals surface area contributed by atoms with Crippen LogP contribution in [0.2, 0.25) is 0 Å². The molecule has 7 heteroatoms. The Morgan fingerprint density at radius 2 is 1.96 bits per heavy atom. The number of fused-ring (bicyclic) bond motifs is 1. The van der Waals surface area contributed by atoms with Gasteiger partial charge in [0.2, 0.25) is 0 Å². The lowest BCUT2D eigenvalue weighted by atomic mass is 9.80. The number of amides is 1. The zero-order valence-electron chi connectivity index (χ0n) is 15.2. The van der Waals surface area contributed by atoms with E-state index in [4.69, 9.17) is 0 Å². The van der Waals surface area contributed by atoms with E-state index in [0.29, 0.717) is 17.7 Å². The number of thiophene rings is 1. The first-order valence-corrected chi connectivity index (χ1v) is 9.57. The topological polar surface area (TPSA) is 75.4 Å². The molecule has 0 bridgehead atoms. The highest BCUT2D eigenvalue weighted by Gasteiger charge is 2.46. The van der Waals surface area contributed by atoms with E-state index in [0.717, 1.165) is 35.2 Å². The lowest BCUT2D eigenvalue weighted by Gasteiger charge is -2.40. The maximum atomic E-state index is 13.1. The van der Waals surface area contributed by atoms with Crippen molar-refractivity contribution in [3.8, 4) is 0 Å². The highest BCUT2D eigenvalue weighted by molar-refractivity contribution is 7.20. The number of hydrogen-bond donors (Lipinski definition) is 1. The molecule has 25 heavy (non-hydrogen) atoms. The van der Waals surface area contributed by atoms with E-state index < -0.39 is 11.5 Å². The number of carboxylic acids is 1. The quantitative estimate of drug-likeness (QED) is 0.900. The Hall–Kier alpha value is -1.89. The fraction of sp³-hybridized carbons (Fsp3) is 0.611. The Morgan fingerprint density at radius 3 is 2.52 bits per heavy atom. The lowest BCUT2D eigenvalue weighted by Crippen LogP contribution is -2.56. The molecule has 0 aliphatic heterocycles. The van der Waals surface area contributed by atoms with Gasteiger partial charge in [-0.2, -0.15) is 5.10 Å². The van der Waals surface area contributed by atoms with Crippen molar-refractivity contribution in [2.24, 2.45) is 7.05 Å². The molecule has 0 aromatic carbocycles. The Bertz CT molecular complexity index is 815. The maximum absolute atomic E-state index is 13.1. The number of hydrogen-bond acceptors (Lipinski definition) is 4. The van der Waals surface area contributed by atoms with Crippen molar-refractivity contribution in [3.05, 3.63) is 16.6 Å². The minimum Gasteiger partial charge on any atom is -0.479 e. The van der Waals surface area contributed by atoms with E-state index in [2.05, 4.69) is 18.9 Å². The number of carbonyl (C=O) groups excluding carboxylic acids is 1. The molecule has 1 fully saturated rings. The third-order valence-electron chi connectivity index (χ3n) is 5.32. The second-order valence-corrected chi connectivity index (χ2v) is 8.29. The van der Waals surface area contributed by atoms with Crippen molar-refractivity contribution in [1.29, 1.82) is 0 Å². The number of aryl methyl sites for hydroxylation is 1. The van der Waals surface area contributed by atoms with Gasteiger partial charge >= 0.3 is 5.97 Å². The summed E-state index contributed by atoms with van der Waals surface area (Å²) in [5.74, 6) is -0.836. The van der Waals surface area contributed by atoms with Crippen molar-refractivity contribution in [2.45, 2.75) is 57.4 Å². The van der Waals surface area contributed by atoms with E-state index >= 15 is 0 Å². The third-order valence-corrected chi connectivity index (χ3v) is 6.51. The minimum absolute atomic E-state index is 0.208. The molecule has 3 rings (SSSR count). The van der Waals surface area contributed by atoms with Crippen LogP contribution in [0.4, 0.5) is 0 Å². The summed E-state index contributed by atoms with van der Waals surface area (Å²) in [6.45, 7) is 4.16. The van der Waals surface area contributed by atoms with Crippen LogP contribution in [0.1, 0.15) is 67.2 Å². The largest absolute Gasteiger partial charge is 0.479 e. The fourth-order valence-corrected chi connectivity index (χ4v) is 4.84. The SMILES string of the molecule is CC(C)c1nn(C)c2sc(C(=O)N(C)C3(C(=O)O)CCCCC3)cc12. The molecule has 0 saturated heterocycles. The number of nitrogens with zero attached hydrogens (tertiary/aromatic N) is 3. The summed E-state index contributed by atoms with van der Waals surface area (Å²) < 4.78 is 1.81. The normalized spacial score (nSPS) is 17.2. The fourth-order valence-electron chi connectivity index (χ4n) is 3.79. The van der Waals surface area contributed by atoms with Crippen LogP contribution in [-0.2, 0) is 11.8 Å². The predicted octanol–water partition coefficient (Wildman–Crippen LogP) is 3.62. The van der Waals surface area contributed by atoms with E-state index in [1.807, 2.05) is 13.1 Å². The van der Waals surface area contributed by atoms with Gasteiger partial charge in [0.1, 0.15) is 10.4 Å². The first kappa shape index (κ1) is 17.9. The van der Waals surface area contributed by atoms with Crippen LogP contribution in [0.3, 0.4) is 0 Å². The molecule has 2 aromatic heterocycles. The second kappa shape index (κ2) is 6.44. The van der Waals surface area contributed by atoms with Gasteiger partial charge in [-0.15, -0.1) is 11.3 Å². The molecule has 1 amide bonds. The molecule has 1 saturated carbocycles. The van der Waals surface area contributed by atoms with Crippen LogP contribution >= 0.6 is 11.3 Å². The summed E-state index contributed by atoms with van der Waals surface area (Å²) in [5.41, 5.74) is -0.106. The zero-order chi connectivity index (χ0) is 18.4. The number of likely N-dealkylation sites (N-methyl/N-ethyl adjacent to an activating group) is 1. The molecule has 1 aliphatic rings. The highest BCUT2D eigenvalue weighted by atomic mass is 32.1. The van der Waals surface area contributed by atoms with Gasteiger partial charge in [-0.25, -0.2) is 4.79 Å². The summed E-state index contributed by atoms with van der Waals surface area (Å²) in [6.07, 6.45) is 3.77. The van der Waals surface area contributed by atoms with Crippen molar-refractivity contribution < 1.29 is 14.7 Å². The van der Waals surface area contributed by atoms with Crippen LogP contribution in [0.5, 0.6) is 0 Å². The Balaban J connectivity index is 1.98. The summed E-state index contributed by atoms with van der Waals surface area (Å²) in [4.78, 5) is 28.0. The molecule has 0 spiro atoms. The molecule has 136 valence electrons. The molecule has 0 atom stereocenters. The van der Waals surface area contributed by atoms with E-state index in [1.54, 1.807) is 11.7 Å². The Morgan fingerprint density at radius 1 is 1.32 bits per heavy atom. The lowest BCUT2D eigenvalue weighted by molar-refractivity contribution is -0.151. The second-order valence-electron chi connectivity index (χ2n) is 7.25. The van der Waals surface area contributed by atoms with Crippen LogP contribution in [0, 0.1) is 0 Å². The predicted molar refractivity (Wildman–Crippen MR) is 98.2 cm³/mol. The van der Waals surface area contributed by atoms with Gasteiger partial charge < -0.3 is 10.0 Å². The Kier molecular flexibility index (Phi) is 4.62. The van der Waals surface area contributed by atoms with Gasteiger partial charge in [0.05, 0.1) is 10.6 Å². The maximum Gasteiger partial charge on any atom is 0.329 e. The average Bonchev–Trinajstić information content (AvgIpc) is 3.14. The first-order valence-electron chi connectivity index (χ1n) is 8.76. The van der Waals surface area contributed by atoms with E-state index in [9.17, 15) is 14.7 Å². The van der Waals surface area contributed by atoms with Gasteiger partial charge in [0.25, 0.3) is 5.91 Å². The molecule has 1 N–H and O–H groups in total. The molecule has 2 aromatic rings. The van der Waals surface area contributed by atoms with Crippen LogP contribution in [0.25, 0.3) is 10.2 Å². The van der Waals surface area contributed by atoms with E-state index in [1.165, 1.54) is 16.2 Å². The number of carbonyl (C=O) groups is 2. The van der Waals surface area contributed by atoms with Crippen molar-refractivity contribution in [3.63, 3.8) is 0 Å². The number of aromatic nitrogens is 2. The summed E-state index contributed by atoms with van der Waals surface area (Å²) in [7, 11) is 3.51. The average molecular weight is 363 g/mol. The molecular formula is C18H25N3O3S. The summed E-state index contributed by atoms with van der Waals surface area (Å²) >= 11 is 1.39. The van der Waals surface area contributed by atoms with Gasteiger partial charge in [-0.3, -0.25) is 9.48 Å². The molecule has 1 aliphatic carbocycles. The summed E-state index contributed by atoms with van der Waals surface area (Å²) in [6, 6.07) is 1.87. The standard InChI is InChI=1S/C18H25N3O3S/c1-11(2)14-12-10-13(25-16(12)21(4)19-14)15(22)20(3)18(17(23)24)8-6-5-7-9-18/h10-11H,5-9H2,1-4H3,(H,23,24). The van der Waals surface area contributed by atoms with Gasteiger partial charge in [-0.1, -0.05) is 33.1 Å². The molecular weight excluding hydrogens is 338 g/mol. The number of aliphatic carboxylic acids is 1. The molecule has 6 nitrogen and oxygen atoms in total. The van der Waals surface area contributed by atoms with Crippen LogP contribution in [-0.4, -0.2) is 44.3 Å². The zero-order valence-corrected chi connectivity index (χ0v) is 16.0. The van der Waals surface area contributed by atoms with Gasteiger partial charge in [-0.05, 0) is 24.8 Å². The van der Waals surface area contributed by atoms with Crippen molar-refractivity contribution in [1.82, 2.24) is 14.7 Å². The number of carboxylic acid groups (broad SMARTS) is 1. The van der Waals surface area contributed by atoms with Gasteiger partial charge in [0.15, 0.2) is 0 Å². The minimum atomic E-state index is -1.08. The van der Waals surface area contributed by atoms with Crippen LogP contribution in [0.15, 0.2) is 6.07 Å². The van der Waals surface area contributed by atoms with Crippen LogP contribution < -0.4 is 0 Å². The smallest absolute Gasteiger partial charge is 0.329 e. The van der Waals surface area contributed by atoms with Gasteiger partial charge in [0, 0.05) is 19.5 Å². The third kappa shape index (κ3) is 2.84.